The molecule has 10 heteroatoms. The number of nitrogens with zero attached hydrogens (tertiary/aromatic N) is 2. The Labute approximate surface area is 167 Å². The van der Waals surface area contributed by atoms with Crippen LogP contribution in [0.2, 0.25) is 5.02 Å². The van der Waals surface area contributed by atoms with Gasteiger partial charge in [-0.1, -0.05) is 28.9 Å². The molecule has 2 N–H and O–H groups in total. The molecule has 8 nitrogen and oxygen atoms in total. The normalized spacial score (nSPS) is 12.5. The molecule has 0 radical (unpaired) electrons. The van der Waals surface area contributed by atoms with Crippen LogP contribution < -0.4 is 10.0 Å². The van der Waals surface area contributed by atoms with Gasteiger partial charge in [0.15, 0.2) is 0 Å². The Morgan fingerprint density at radius 1 is 1.14 bits per heavy atom. The first-order chi connectivity index (χ1) is 13.3. The van der Waals surface area contributed by atoms with Gasteiger partial charge in [-0.3, -0.25) is 4.79 Å². The Kier molecular flexibility index (Phi) is 5.78. The molecule has 0 saturated heterocycles. The summed E-state index contributed by atoms with van der Waals surface area (Å²) in [5.41, 5.74) is 1.09. The molecule has 1 aromatic heterocycles. The fraction of sp³-hybridized carbons (Fsp3) is 0.167. The Bertz CT molecular complexity index is 1100. The molecule has 0 aliphatic rings. The summed E-state index contributed by atoms with van der Waals surface area (Å²) in [5.74, 6) is 0.132. The summed E-state index contributed by atoms with van der Waals surface area (Å²) in [7, 11) is -3.83. The number of carbonyl (C=O) groups excluding carboxylic acids is 1. The van der Waals surface area contributed by atoms with E-state index in [1.165, 1.54) is 31.2 Å². The molecule has 3 aromatic rings. The van der Waals surface area contributed by atoms with Crippen LogP contribution in [-0.2, 0) is 14.8 Å². The number of hydrogen-bond acceptors (Lipinski definition) is 6. The molecule has 0 aliphatic heterocycles. The van der Waals surface area contributed by atoms with Crippen LogP contribution in [0.5, 0.6) is 0 Å². The third-order valence-corrected chi connectivity index (χ3v) is 5.63. The highest BCUT2D eigenvalue weighted by Gasteiger charge is 2.23. The van der Waals surface area contributed by atoms with Gasteiger partial charge < -0.3 is 9.84 Å². The van der Waals surface area contributed by atoms with E-state index in [1.54, 1.807) is 31.2 Å². The predicted octanol–water partition coefficient (Wildman–Crippen LogP) is 3.39. The quantitative estimate of drug-likeness (QED) is 0.631. The molecular weight excluding hydrogens is 404 g/mol. The monoisotopic (exact) mass is 420 g/mol. The van der Waals surface area contributed by atoms with Gasteiger partial charge in [0.2, 0.25) is 27.6 Å². The van der Waals surface area contributed by atoms with Crippen LogP contribution >= 0.6 is 11.6 Å². The van der Waals surface area contributed by atoms with Gasteiger partial charge in [-0.25, -0.2) is 8.42 Å². The summed E-state index contributed by atoms with van der Waals surface area (Å²) in [6, 6.07) is 12.0. The zero-order chi connectivity index (χ0) is 20.3. The van der Waals surface area contributed by atoms with Crippen molar-refractivity contribution >= 4 is 33.2 Å². The smallest absolute Gasteiger partial charge is 0.244 e. The number of aromatic nitrogens is 2. The van der Waals surface area contributed by atoms with Gasteiger partial charge in [0.25, 0.3) is 0 Å². The van der Waals surface area contributed by atoms with Crippen molar-refractivity contribution in [2.75, 3.05) is 5.32 Å². The number of sulfonamides is 1. The molecule has 1 heterocycles. The van der Waals surface area contributed by atoms with Gasteiger partial charge >= 0.3 is 0 Å². The average Bonchev–Trinajstić information content (AvgIpc) is 3.12. The zero-order valence-electron chi connectivity index (χ0n) is 15.0. The van der Waals surface area contributed by atoms with Gasteiger partial charge in [0.1, 0.15) is 0 Å². The van der Waals surface area contributed by atoms with Gasteiger partial charge in [0, 0.05) is 18.2 Å². The highest BCUT2D eigenvalue weighted by molar-refractivity contribution is 7.89. The van der Waals surface area contributed by atoms with Gasteiger partial charge in [0.05, 0.1) is 16.0 Å². The molecule has 3 rings (SSSR count). The van der Waals surface area contributed by atoms with E-state index in [-0.39, 0.29) is 22.5 Å². The Morgan fingerprint density at radius 2 is 1.82 bits per heavy atom. The highest BCUT2D eigenvalue weighted by Crippen LogP contribution is 2.26. The third-order valence-electron chi connectivity index (χ3n) is 3.74. The number of anilines is 1. The van der Waals surface area contributed by atoms with E-state index in [0.717, 1.165) is 0 Å². The first-order valence-electron chi connectivity index (χ1n) is 8.25. The van der Waals surface area contributed by atoms with Gasteiger partial charge in [-0.15, -0.1) is 0 Å². The molecule has 146 valence electrons. The van der Waals surface area contributed by atoms with Crippen LogP contribution in [0.4, 0.5) is 5.69 Å². The second-order valence-corrected chi connectivity index (χ2v) is 8.11. The summed E-state index contributed by atoms with van der Waals surface area (Å²) < 4.78 is 32.8. The number of benzene rings is 2. The second-order valence-electron chi connectivity index (χ2n) is 5.98. The number of amides is 1. The van der Waals surface area contributed by atoms with Gasteiger partial charge in [-0.2, -0.15) is 9.71 Å². The third kappa shape index (κ3) is 4.56. The summed E-state index contributed by atoms with van der Waals surface area (Å²) in [5, 5.41) is 6.90. The minimum atomic E-state index is -3.83. The topological polar surface area (TPSA) is 114 Å². The Hall–Kier alpha value is -2.75. The number of rotatable bonds is 6. The standard InChI is InChI=1S/C18H17ClN4O4S/c1-11(18-21-17(22-27-18)15-5-3-4-6-16(15)19)23-28(25,26)14-9-7-13(8-10-14)20-12(2)24/h3-11,23H,1-2H3,(H,20,24)/t11-/m1/s1. The maximum Gasteiger partial charge on any atom is 0.244 e. The molecule has 2 aromatic carbocycles. The fourth-order valence-electron chi connectivity index (χ4n) is 2.43. The average molecular weight is 421 g/mol. The SMILES string of the molecule is CC(=O)Nc1ccc(S(=O)(=O)N[C@H](C)c2nc(-c3ccccc3Cl)no2)cc1. The predicted molar refractivity (Wildman–Crippen MR) is 104 cm³/mol. The number of halogens is 1. The van der Waals surface area contributed by atoms with Crippen molar-refractivity contribution < 1.29 is 17.7 Å². The molecule has 0 unspecified atom stereocenters. The lowest BCUT2D eigenvalue weighted by molar-refractivity contribution is -0.114. The van der Waals surface area contributed by atoms with Crippen LogP contribution in [0.1, 0.15) is 25.8 Å². The minimum Gasteiger partial charge on any atom is -0.337 e. The van der Waals surface area contributed by atoms with Crippen molar-refractivity contribution in [3.8, 4) is 11.4 Å². The van der Waals surface area contributed by atoms with Gasteiger partial charge in [-0.05, 0) is 43.3 Å². The van der Waals surface area contributed by atoms with Crippen molar-refractivity contribution in [1.29, 1.82) is 0 Å². The van der Waals surface area contributed by atoms with Crippen molar-refractivity contribution in [2.45, 2.75) is 24.8 Å². The second kappa shape index (κ2) is 8.09. The minimum absolute atomic E-state index is 0.0410. The maximum absolute atomic E-state index is 12.6. The van der Waals surface area contributed by atoms with E-state index in [1.807, 2.05) is 0 Å². The van der Waals surface area contributed by atoms with Crippen molar-refractivity contribution in [2.24, 2.45) is 0 Å². The van der Waals surface area contributed by atoms with E-state index < -0.39 is 16.1 Å². The van der Waals surface area contributed by atoms with Crippen LogP contribution in [-0.4, -0.2) is 24.5 Å². The van der Waals surface area contributed by atoms with Crippen molar-refractivity contribution in [3.05, 3.63) is 59.4 Å². The van der Waals surface area contributed by atoms with E-state index in [9.17, 15) is 13.2 Å². The molecule has 0 saturated carbocycles. The molecule has 0 spiro atoms. The highest BCUT2D eigenvalue weighted by atomic mass is 35.5. The van der Waals surface area contributed by atoms with E-state index in [0.29, 0.717) is 16.3 Å². The summed E-state index contributed by atoms with van der Waals surface area (Å²) in [4.78, 5) is 15.3. The summed E-state index contributed by atoms with van der Waals surface area (Å²) >= 11 is 6.12. The fourth-order valence-corrected chi connectivity index (χ4v) is 3.85. The van der Waals surface area contributed by atoms with Crippen LogP contribution in [0.3, 0.4) is 0 Å². The Balaban J connectivity index is 1.76. The molecule has 1 atom stereocenters. The molecule has 28 heavy (non-hydrogen) atoms. The number of carbonyl (C=O) groups is 1. The first kappa shape index (κ1) is 20.0. The number of hydrogen-bond donors (Lipinski definition) is 2. The van der Waals surface area contributed by atoms with E-state index in [4.69, 9.17) is 16.1 Å². The molecule has 0 bridgehead atoms. The maximum atomic E-state index is 12.6. The Morgan fingerprint density at radius 3 is 2.46 bits per heavy atom. The molecule has 0 fully saturated rings. The van der Waals surface area contributed by atoms with Crippen LogP contribution in [0, 0.1) is 0 Å². The molecule has 0 aliphatic carbocycles. The lowest BCUT2D eigenvalue weighted by Gasteiger charge is -2.11. The van der Waals surface area contributed by atoms with Crippen LogP contribution in [0.25, 0.3) is 11.4 Å². The zero-order valence-corrected chi connectivity index (χ0v) is 16.6. The van der Waals surface area contributed by atoms with E-state index in [2.05, 4.69) is 20.2 Å². The summed E-state index contributed by atoms with van der Waals surface area (Å²) in [6.45, 7) is 2.96. The summed E-state index contributed by atoms with van der Waals surface area (Å²) in [6.07, 6.45) is 0. The van der Waals surface area contributed by atoms with Crippen LogP contribution in [0.15, 0.2) is 57.9 Å². The number of nitrogens with one attached hydrogen (secondary N) is 2. The lowest BCUT2D eigenvalue weighted by atomic mass is 10.2. The van der Waals surface area contributed by atoms with Crippen molar-refractivity contribution in [3.63, 3.8) is 0 Å². The van der Waals surface area contributed by atoms with E-state index >= 15 is 0 Å². The molecule has 1 amide bonds. The van der Waals surface area contributed by atoms with Crippen molar-refractivity contribution in [1.82, 2.24) is 14.9 Å². The lowest BCUT2D eigenvalue weighted by Crippen LogP contribution is -2.27. The largest absolute Gasteiger partial charge is 0.337 e. The molecular formula is C18H17ClN4O4S. The first-order valence-corrected chi connectivity index (χ1v) is 10.1.